The molecule has 2 fully saturated rings. The van der Waals surface area contributed by atoms with Crippen molar-refractivity contribution in [2.24, 2.45) is 4.99 Å². The first kappa shape index (κ1) is 19.9. The number of nitrogens with zero attached hydrogens (tertiary/aromatic N) is 2. The molecule has 0 unspecified atom stereocenters. The molecule has 1 amide bonds. The molecule has 2 saturated heterocycles. The van der Waals surface area contributed by atoms with E-state index in [1.165, 1.54) is 17.8 Å². The Hall–Kier alpha value is -2.39. The number of amides is 1. The Bertz CT molecular complexity index is 1070. The van der Waals surface area contributed by atoms with Crippen LogP contribution in [0.25, 0.3) is 0 Å². The standard InChI is InChI=1S/C20H19FN2O4S2/c1-27-14-8-6-13(7-9-14)10-19(24)22-20-23(16-5-3-2-4-15(16)21)17-11-29(25,26)12-18(17)28-20/h2-9,17-18H,10-12H2,1H3/t17-,18+/m0/s1. The van der Waals surface area contributed by atoms with Gasteiger partial charge in [-0.2, -0.15) is 4.99 Å². The highest BCUT2D eigenvalue weighted by atomic mass is 32.2. The van der Waals surface area contributed by atoms with Crippen LogP contribution in [0.1, 0.15) is 5.56 Å². The number of benzene rings is 2. The second-order valence-corrected chi connectivity index (χ2v) is 10.3. The van der Waals surface area contributed by atoms with Crippen LogP contribution in [0.3, 0.4) is 0 Å². The van der Waals surface area contributed by atoms with Crippen molar-refractivity contribution in [1.29, 1.82) is 0 Å². The summed E-state index contributed by atoms with van der Waals surface area (Å²) < 4.78 is 43.7. The van der Waals surface area contributed by atoms with Crippen molar-refractivity contribution in [3.63, 3.8) is 0 Å². The van der Waals surface area contributed by atoms with Crippen LogP contribution in [0, 0.1) is 5.82 Å². The van der Waals surface area contributed by atoms with E-state index < -0.39 is 21.7 Å². The molecule has 0 spiro atoms. The summed E-state index contributed by atoms with van der Waals surface area (Å²) >= 11 is 1.23. The Morgan fingerprint density at radius 1 is 1.21 bits per heavy atom. The van der Waals surface area contributed by atoms with Crippen LogP contribution in [0.15, 0.2) is 53.5 Å². The number of anilines is 1. The quantitative estimate of drug-likeness (QED) is 0.737. The zero-order chi connectivity index (χ0) is 20.6. The highest BCUT2D eigenvalue weighted by Gasteiger charge is 2.49. The maximum Gasteiger partial charge on any atom is 0.252 e. The molecule has 2 aliphatic heterocycles. The molecule has 0 saturated carbocycles. The van der Waals surface area contributed by atoms with Crippen molar-refractivity contribution < 1.29 is 22.3 Å². The predicted octanol–water partition coefficient (Wildman–Crippen LogP) is 2.68. The van der Waals surface area contributed by atoms with E-state index in [-0.39, 0.29) is 34.8 Å². The van der Waals surface area contributed by atoms with Gasteiger partial charge in [0, 0.05) is 5.25 Å². The summed E-state index contributed by atoms with van der Waals surface area (Å²) in [5.41, 5.74) is 1.02. The number of para-hydroxylation sites is 1. The van der Waals surface area contributed by atoms with Crippen molar-refractivity contribution in [1.82, 2.24) is 0 Å². The number of ether oxygens (including phenoxy) is 1. The molecule has 0 aliphatic carbocycles. The summed E-state index contributed by atoms with van der Waals surface area (Å²) in [5.74, 6) is -0.238. The molecule has 0 N–H and O–H groups in total. The molecule has 29 heavy (non-hydrogen) atoms. The molecule has 2 heterocycles. The van der Waals surface area contributed by atoms with E-state index >= 15 is 0 Å². The topological polar surface area (TPSA) is 76.0 Å². The molecule has 4 rings (SSSR count). The lowest BCUT2D eigenvalue weighted by atomic mass is 10.1. The SMILES string of the molecule is COc1ccc(CC(=O)N=C2S[C@@H]3CS(=O)(=O)C[C@@H]3N2c2ccccc2F)cc1. The number of methoxy groups -OCH3 is 1. The van der Waals surface area contributed by atoms with Gasteiger partial charge in [-0.05, 0) is 29.8 Å². The van der Waals surface area contributed by atoms with E-state index in [9.17, 15) is 17.6 Å². The third-order valence-electron chi connectivity index (χ3n) is 4.91. The molecule has 2 aromatic rings. The van der Waals surface area contributed by atoms with Gasteiger partial charge in [0.15, 0.2) is 15.0 Å². The highest BCUT2D eigenvalue weighted by molar-refractivity contribution is 8.16. The minimum atomic E-state index is -3.20. The van der Waals surface area contributed by atoms with Crippen molar-refractivity contribution in [2.45, 2.75) is 17.7 Å². The third kappa shape index (κ3) is 4.16. The smallest absolute Gasteiger partial charge is 0.252 e. The van der Waals surface area contributed by atoms with E-state index in [1.54, 1.807) is 54.5 Å². The van der Waals surface area contributed by atoms with Crippen LogP contribution in [0.5, 0.6) is 5.75 Å². The minimum absolute atomic E-state index is 0.00102. The molecule has 0 bridgehead atoms. The molecule has 0 radical (unpaired) electrons. The van der Waals surface area contributed by atoms with E-state index in [0.29, 0.717) is 10.9 Å². The Kier molecular flexibility index (Phi) is 5.35. The molecule has 0 aromatic heterocycles. The van der Waals surface area contributed by atoms with Crippen LogP contribution < -0.4 is 9.64 Å². The second-order valence-electron chi connectivity index (χ2n) is 6.93. The van der Waals surface area contributed by atoms with Crippen LogP contribution in [0.4, 0.5) is 10.1 Å². The number of thioether (sulfide) groups is 1. The van der Waals surface area contributed by atoms with E-state index in [1.807, 2.05) is 0 Å². The monoisotopic (exact) mass is 434 g/mol. The van der Waals surface area contributed by atoms with Crippen molar-refractivity contribution in [3.8, 4) is 5.75 Å². The molecule has 2 aliphatic rings. The summed E-state index contributed by atoms with van der Waals surface area (Å²) in [6.07, 6.45) is 0.0901. The third-order valence-corrected chi connectivity index (χ3v) is 8.12. The van der Waals surface area contributed by atoms with E-state index in [4.69, 9.17) is 4.74 Å². The van der Waals surface area contributed by atoms with Gasteiger partial charge in [0.25, 0.3) is 5.91 Å². The van der Waals surface area contributed by atoms with E-state index in [2.05, 4.69) is 4.99 Å². The molecule has 152 valence electrons. The predicted molar refractivity (Wildman–Crippen MR) is 112 cm³/mol. The minimum Gasteiger partial charge on any atom is -0.497 e. The number of carbonyl (C=O) groups excluding carboxylic acids is 1. The number of fused-ring (bicyclic) bond motifs is 1. The first-order chi connectivity index (χ1) is 13.9. The van der Waals surface area contributed by atoms with Crippen molar-refractivity contribution >= 4 is 38.4 Å². The maximum atomic E-state index is 14.5. The first-order valence-electron chi connectivity index (χ1n) is 9.01. The van der Waals surface area contributed by atoms with Crippen molar-refractivity contribution in [3.05, 3.63) is 59.9 Å². The van der Waals surface area contributed by atoms with Gasteiger partial charge >= 0.3 is 0 Å². The fraction of sp³-hybridized carbons (Fsp3) is 0.300. The Labute approximate surface area is 172 Å². The average Bonchev–Trinajstić information content (AvgIpc) is 3.13. The number of amidine groups is 1. The number of hydrogen-bond acceptors (Lipinski definition) is 5. The average molecular weight is 435 g/mol. The number of hydrogen-bond donors (Lipinski definition) is 0. The lowest BCUT2D eigenvalue weighted by Gasteiger charge is -2.24. The number of sulfone groups is 1. The van der Waals surface area contributed by atoms with Crippen molar-refractivity contribution in [2.75, 3.05) is 23.5 Å². The van der Waals surface area contributed by atoms with Gasteiger partial charge in [-0.25, -0.2) is 12.8 Å². The van der Waals surface area contributed by atoms with Crippen LogP contribution in [0.2, 0.25) is 0 Å². The van der Waals surface area contributed by atoms with Gasteiger partial charge in [0.05, 0.1) is 36.8 Å². The molecular formula is C20H19FN2O4S2. The normalized spacial score (nSPS) is 23.9. The van der Waals surface area contributed by atoms with Crippen LogP contribution in [-0.4, -0.2) is 49.4 Å². The number of halogens is 1. The summed E-state index contributed by atoms with van der Waals surface area (Å²) in [4.78, 5) is 18.3. The number of rotatable bonds is 4. The number of aliphatic imine (C=N–C) groups is 1. The maximum absolute atomic E-state index is 14.5. The zero-order valence-electron chi connectivity index (χ0n) is 15.6. The van der Waals surface area contributed by atoms with Crippen LogP contribution in [-0.2, 0) is 21.1 Å². The van der Waals surface area contributed by atoms with Crippen LogP contribution >= 0.6 is 11.8 Å². The summed E-state index contributed by atoms with van der Waals surface area (Å²) in [5, 5.41) is 0.0747. The molecule has 9 heteroatoms. The largest absolute Gasteiger partial charge is 0.497 e. The van der Waals surface area contributed by atoms with E-state index in [0.717, 1.165) is 5.56 Å². The molecule has 6 nitrogen and oxygen atoms in total. The zero-order valence-corrected chi connectivity index (χ0v) is 17.2. The summed E-state index contributed by atoms with van der Waals surface area (Å²) in [6.45, 7) is 0. The van der Waals surface area contributed by atoms with Gasteiger partial charge < -0.3 is 9.64 Å². The van der Waals surface area contributed by atoms with Gasteiger partial charge in [0.1, 0.15) is 11.6 Å². The van der Waals surface area contributed by atoms with Gasteiger partial charge in [-0.1, -0.05) is 36.0 Å². The second kappa shape index (κ2) is 7.79. The Morgan fingerprint density at radius 2 is 1.93 bits per heavy atom. The van der Waals surface area contributed by atoms with Gasteiger partial charge in [0.2, 0.25) is 0 Å². The lowest BCUT2D eigenvalue weighted by molar-refractivity contribution is -0.117. The Morgan fingerprint density at radius 3 is 2.62 bits per heavy atom. The molecule has 2 aromatic carbocycles. The summed E-state index contributed by atoms with van der Waals surface area (Å²) in [6, 6.07) is 12.8. The first-order valence-corrected chi connectivity index (χ1v) is 11.7. The van der Waals surface area contributed by atoms with Gasteiger partial charge in [-0.3, -0.25) is 4.79 Å². The van der Waals surface area contributed by atoms with Gasteiger partial charge in [-0.15, -0.1) is 0 Å². The molecular weight excluding hydrogens is 415 g/mol. The fourth-order valence-electron chi connectivity index (χ4n) is 3.56. The fourth-order valence-corrected chi connectivity index (χ4v) is 7.48. The lowest BCUT2D eigenvalue weighted by Crippen LogP contribution is -2.38. The highest BCUT2D eigenvalue weighted by Crippen LogP contribution is 2.41. The number of carbonyl (C=O) groups is 1. The summed E-state index contributed by atoms with van der Waals surface area (Å²) in [7, 11) is -1.64. The Balaban J connectivity index is 1.62. The molecule has 2 atom stereocenters.